The molecule has 148 valence electrons. The second kappa shape index (κ2) is 7.00. The predicted molar refractivity (Wildman–Crippen MR) is 112 cm³/mol. The Morgan fingerprint density at radius 3 is 2.90 bits per heavy atom. The van der Waals surface area contributed by atoms with Crippen LogP contribution in [0.3, 0.4) is 0 Å². The van der Waals surface area contributed by atoms with E-state index >= 15 is 0 Å². The second-order valence-corrected chi connectivity index (χ2v) is 7.91. The van der Waals surface area contributed by atoms with Crippen LogP contribution in [0.1, 0.15) is 24.6 Å². The molecule has 1 saturated carbocycles. The molecular weight excluding hydrogens is 390 g/mol. The van der Waals surface area contributed by atoms with Crippen molar-refractivity contribution in [1.29, 1.82) is 0 Å². The monoisotopic (exact) mass is 409 g/mol. The van der Waals surface area contributed by atoms with E-state index in [1.807, 2.05) is 30.3 Å². The first-order chi connectivity index (χ1) is 14.1. The number of nitrogens with one attached hydrogen (secondary N) is 1. The number of anilines is 1. The highest BCUT2D eigenvalue weighted by Crippen LogP contribution is 2.39. The molecule has 0 bridgehead atoms. The molecule has 1 aliphatic rings. The number of hydrogen-bond donors (Lipinski definition) is 2. The minimum atomic E-state index is -0.195. The zero-order valence-corrected chi connectivity index (χ0v) is 16.5. The number of rotatable bonds is 6. The second-order valence-electron chi connectivity index (χ2n) is 6.97. The number of nitrogens with zero attached hydrogens (tertiary/aromatic N) is 3. The van der Waals surface area contributed by atoms with Gasteiger partial charge in [-0.25, -0.2) is 4.68 Å². The smallest absolute Gasteiger partial charge is 0.234 e. The summed E-state index contributed by atoms with van der Waals surface area (Å²) in [7, 11) is 1.57. The molecular formula is C20H19N5O3S. The molecule has 8 nitrogen and oxygen atoms in total. The number of ether oxygens (including phenoxy) is 1. The quantitative estimate of drug-likeness (QED) is 0.370. The molecule has 2 aromatic heterocycles. The topological polar surface area (TPSA) is 108 Å². The SMILES string of the molecule is COc1cc2c(cc1NC(=O)CSc1nnc(C3CC3)n1N)oc1ccccc12. The van der Waals surface area contributed by atoms with Gasteiger partial charge in [0, 0.05) is 22.8 Å². The maximum absolute atomic E-state index is 12.5. The number of benzene rings is 2. The van der Waals surface area contributed by atoms with Crippen LogP contribution in [0.25, 0.3) is 21.9 Å². The molecule has 0 radical (unpaired) electrons. The molecule has 1 fully saturated rings. The summed E-state index contributed by atoms with van der Waals surface area (Å²) in [6, 6.07) is 11.5. The van der Waals surface area contributed by atoms with Gasteiger partial charge in [-0.1, -0.05) is 30.0 Å². The minimum Gasteiger partial charge on any atom is -0.495 e. The summed E-state index contributed by atoms with van der Waals surface area (Å²) in [5.41, 5.74) is 2.03. The van der Waals surface area contributed by atoms with Gasteiger partial charge in [-0.3, -0.25) is 4.79 Å². The number of carbonyl (C=O) groups is 1. The lowest BCUT2D eigenvalue weighted by Gasteiger charge is -2.10. The van der Waals surface area contributed by atoms with Gasteiger partial charge in [0.05, 0.1) is 18.6 Å². The average Bonchev–Trinajstić information content (AvgIpc) is 3.41. The number of nitrogens with two attached hydrogens (primary N) is 1. The molecule has 4 aromatic rings. The van der Waals surface area contributed by atoms with Crippen LogP contribution in [-0.4, -0.2) is 33.6 Å². The van der Waals surface area contributed by atoms with Gasteiger partial charge in [0.15, 0.2) is 5.82 Å². The molecule has 3 N–H and O–H groups in total. The molecule has 9 heteroatoms. The van der Waals surface area contributed by atoms with Gasteiger partial charge in [-0.2, -0.15) is 0 Å². The van der Waals surface area contributed by atoms with Crippen LogP contribution in [0, 0.1) is 0 Å². The third-order valence-corrected chi connectivity index (χ3v) is 5.88. The van der Waals surface area contributed by atoms with Crippen molar-refractivity contribution in [3.63, 3.8) is 0 Å². The molecule has 1 aliphatic carbocycles. The summed E-state index contributed by atoms with van der Waals surface area (Å²) in [4.78, 5) is 12.5. The van der Waals surface area contributed by atoms with E-state index in [1.54, 1.807) is 13.2 Å². The number of para-hydroxylation sites is 1. The summed E-state index contributed by atoms with van der Waals surface area (Å²) in [5, 5.41) is 13.6. The Hall–Kier alpha value is -3.20. The van der Waals surface area contributed by atoms with Crippen molar-refractivity contribution < 1.29 is 13.9 Å². The first-order valence-electron chi connectivity index (χ1n) is 9.26. The van der Waals surface area contributed by atoms with Gasteiger partial charge >= 0.3 is 0 Å². The summed E-state index contributed by atoms with van der Waals surface area (Å²) in [5.74, 6) is 7.74. The molecule has 0 unspecified atom stereocenters. The van der Waals surface area contributed by atoms with Gasteiger partial charge in [-0.05, 0) is 25.0 Å². The summed E-state index contributed by atoms with van der Waals surface area (Å²) >= 11 is 1.25. The van der Waals surface area contributed by atoms with Gasteiger partial charge in [0.25, 0.3) is 0 Å². The maximum atomic E-state index is 12.5. The molecule has 0 spiro atoms. The van der Waals surface area contributed by atoms with Crippen LogP contribution in [0.15, 0.2) is 46.0 Å². The molecule has 2 aromatic carbocycles. The van der Waals surface area contributed by atoms with Crippen molar-refractivity contribution in [3.05, 3.63) is 42.2 Å². The Labute approximate surface area is 170 Å². The number of hydrogen-bond acceptors (Lipinski definition) is 7. The molecule has 0 saturated heterocycles. The fourth-order valence-corrected chi connectivity index (χ4v) is 4.00. The van der Waals surface area contributed by atoms with Crippen LogP contribution in [0.5, 0.6) is 5.75 Å². The number of thioether (sulfide) groups is 1. The molecule has 0 aliphatic heterocycles. The van der Waals surface area contributed by atoms with E-state index in [1.165, 1.54) is 16.4 Å². The predicted octanol–water partition coefficient (Wildman–Crippen LogP) is 3.51. The maximum Gasteiger partial charge on any atom is 0.234 e. The standard InChI is InChI=1S/C20H19N5O3S/c1-27-17-8-13-12-4-2-3-5-15(12)28-16(13)9-14(17)22-18(26)10-29-20-24-23-19(25(20)21)11-6-7-11/h2-5,8-9,11H,6-7,10,21H2,1H3,(H,22,26). The fourth-order valence-electron chi connectivity index (χ4n) is 3.34. The lowest BCUT2D eigenvalue weighted by molar-refractivity contribution is -0.113. The molecule has 5 rings (SSSR count). The number of nitrogen functional groups attached to an aromatic ring is 1. The third-order valence-electron chi connectivity index (χ3n) is 4.94. The highest BCUT2D eigenvalue weighted by molar-refractivity contribution is 7.99. The first-order valence-corrected chi connectivity index (χ1v) is 10.2. The van der Waals surface area contributed by atoms with E-state index in [0.29, 0.717) is 28.1 Å². The summed E-state index contributed by atoms with van der Waals surface area (Å²) in [6.07, 6.45) is 2.18. The number of carbonyl (C=O) groups excluding carboxylic acids is 1. The highest BCUT2D eigenvalue weighted by Gasteiger charge is 2.30. The Kier molecular flexibility index (Phi) is 4.31. The number of fused-ring (bicyclic) bond motifs is 3. The molecule has 2 heterocycles. The normalized spacial score (nSPS) is 13.8. The Morgan fingerprint density at radius 2 is 2.10 bits per heavy atom. The Bertz CT molecular complexity index is 1230. The average molecular weight is 409 g/mol. The highest BCUT2D eigenvalue weighted by atomic mass is 32.2. The van der Waals surface area contributed by atoms with Crippen LogP contribution >= 0.6 is 11.8 Å². The Balaban J connectivity index is 1.35. The van der Waals surface area contributed by atoms with Gasteiger partial charge in [0.1, 0.15) is 16.9 Å². The minimum absolute atomic E-state index is 0.154. The third kappa shape index (κ3) is 3.27. The lowest BCUT2D eigenvalue weighted by Crippen LogP contribution is -2.17. The number of furan rings is 1. The van der Waals surface area contributed by atoms with E-state index in [4.69, 9.17) is 15.0 Å². The largest absolute Gasteiger partial charge is 0.495 e. The number of aromatic nitrogens is 3. The molecule has 0 atom stereocenters. The van der Waals surface area contributed by atoms with E-state index in [2.05, 4.69) is 15.5 Å². The summed E-state index contributed by atoms with van der Waals surface area (Å²) < 4.78 is 12.9. The van der Waals surface area contributed by atoms with Crippen molar-refractivity contribution in [2.45, 2.75) is 23.9 Å². The van der Waals surface area contributed by atoms with Crippen LogP contribution in [0.2, 0.25) is 0 Å². The van der Waals surface area contributed by atoms with E-state index in [-0.39, 0.29) is 11.7 Å². The van der Waals surface area contributed by atoms with E-state index < -0.39 is 0 Å². The van der Waals surface area contributed by atoms with Gasteiger partial charge in [0.2, 0.25) is 11.1 Å². The van der Waals surface area contributed by atoms with Gasteiger partial charge in [-0.15, -0.1) is 10.2 Å². The molecule has 29 heavy (non-hydrogen) atoms. The fraction of sp³-hybridized carbons (Fsp3) is 0.250. The van der Waals surface area contributed by atoms with Crippen molar-refractivity contribution in [1.82, 2.24) is 14.9 Å². The zero-order chi connectivity index (χ0) is 20.0. The van der Waals surface area contributed by atoms with Crippen molar-refractivity contribution in [2.24, 2.45) is 0 Å². The molecule has 1 amide bonds. The first kappa shape index (κ1) is 17.9. The number of methoxy groups -OCH3 is 1. The van der Waals surface area contributed by atoms with Crippen LogP contribution in [-0.2, 0) is 4.79 Å². The van der Waals surface area contributed by atoms with Crippen LogP contribution < -0.4 is 15.9 Å². The number of amides is 1. The van der Waals surface area contributed by atoms with Gasteiger partial charge < -0.3 is 20.3 Å². The van der Waals surface area contributed by atoms with Crippen molar-refractivity contribution >= 4 is 45.3 Å². The van der Waals surface area contributed by atoms with E-state index in [0.717, 1.165) is 35.0 Å². The lowest BCUT2D eigenvalue weighted by atomic mass is 10.1. The zero-order valence-electron chi connectivity index (χ0n) is 15.7. The van der Waals surface area contributed by atoms with E-state index in [9.17, 15) is 4.79 Å². The van der Waals surface area contributed by atoms with Crippen LogP contribution in [0.4, 0.5) is 5.69 Å². The van der Waals surface area contributed by atoms with Crippen molar-refractivity contribution in [2.75, 3.05) is 24.0 Å². The van der Waals surface area contributed by atoms with Crippen molar-refractivity contribution in [3.8, 4) is 5.75 Å². The summed E-state index contributed by atoms with van der Waals surface area (Å²) in [6.45, 7) is 0. The Morgan fingerprint density at radius 1 is 1.28 bits per heavy atom.